The van der Waals surface area contributed by atoms with Gasteiger partial charge in [-0.3, -0.25) is 13.9 Å². The topological polar surface area (TPSA) is 96.0 Å². The van der Waals surface area contributed by atoms with Crippen LogP contribution in [0.5, 0.6) is 5.75 Å². The third-order valence-electron chi connectivity index (χ3n) is 6.63. The van der Waals surface area contributed by atoms with Crippen molar-refractivity contribution in [3.8, 4) is 5.75 Å². The molecule has 1 N–H and O–H groups in total. The van der Waals surface area contributed by atoms with Crippen LogP contribution in [-0.4, -0.2) is 57.9 Å². The van der Waals surface area contributed by atoms with Crippen LogP contribution in [0.4, 0.5) is 5.69 Å². The Hall–Kier alpha value is -3.56. The first-order valence-corrected chi connectivity index (χ1v) is 15.3. The molecule has 41 heavy (non-hydrogen) atoms. The van der Waals surface area contributed by atoms with Crippen molar-refractivity contribution in [2.24, 2.45) is 5.92 Å². The number of carbonyl (C=O) groups excluding carboxylic acids is 2. The number of hydrogen-bond donors (Lipinski definition) is 1. The highest BCUT2D eigenvalue weighted by Crippen LogP contribution is 2.35. The molecule has 10 heteroatoms. The molecule has 3 rings (SSSR count). The van der Waals surface area contributed by atoms with Crippen LogP contribution in [0.1, 0.15) is 31.9 Å². The summed E-state index contributed by atoms with van der Waals surface area (Å²) in [6, 6.07) is 19.7. The Labute approximate surface area is 248 Å². The van der Waals surface area contributed by atoms with Gasteiger partial charge in [0.05, 0.1) is 17.7 Å². The maximum absolute atomic E-state index is 14.0. The second-order valence-corrected chi connectivity index (χ2v) is 12.6. The van der Waals surface area contributed by atoms with Crippen molar-refractivity contribution in [3.05, 3.63) is 88.9 Å². The molecule has 1 atom stereocenters. The summed E-state index contributed by atoms with van der Waals surface area (Å²) in [6.45, 7) is 7.57. The molecule has 0 aliphatic rings. The van der Waals surface area contributed by atoms with Crippen LogP contribution in [0.3, 0.4) is 0 Å². The first-order valence-electron chi connectivity index (χ1n) is 13.5. The Morgan fingerprint density at radius 2 is 1.63 bits per heavy atom. The Kier molecular flexibility index (Phi) is 11.2. The quantitative estimate of drug-likeness (QED) is 0.295. The highest BCUT2D eigenvalue weighted by atomic mass is 35.5. The predicted octanol–water partition coefficient (Wildman–Crippen LogP) is 5.08. The molecule has 2 amide bonds. The number of rotatable bonds is 13. The molecule has 0 fully saturated rings. The first-order chi connectivity index (χ1) is 19.4. The Balaban J connectivity index is 2.03. The van der Waals surface area contributed by atoms with E-state index in [1.807, 2.05) is 51.1 Å². The van der Waals surface area contributed by atoms with Gasteiger partial charge in [0.15, 0.2) is 0 Å². The summed E-state index contributed by atoms with van der Waals surface area (Å²) >= 11 is 6.28. The molecule has 3 aromatic carbocycles. The minimum Gasteiger partial charge on any atom is -0.495 e. The molecular weight excluding hydrogens is 562 g/mol. The van der Waals surface area contributed by atoms with Crippen LogP contribution in [-0.2, 0) is 26.0 Å². The molecule has 0 saturated carbocycles. The van der Waals surface area contributed by atoms with Gasteiger partial charge in [-0.2, -0.15) is 0 Å². The van der Waals surface area contributed by atoms with Crippen LogP contribution < -0.4 is 14.4 Å². The molecular formula is C31H38ClN3O5S. The van der Waals surface area contributed by atoms with E-state index in [-0.39, 0.29) is 39.7 Å². The SMILES string of the molecule is COc1ccc(Cl)cc1N(CC(=O)N(CCc1ccccc1)[C@H](C)C(=O)NCC(C)C)S(=O)(=O)c1ccc(C)cc1. The van der Waals surface area contributed by atoms with E-state index < -0.39 is 28.5 Å². The Morgan fingerprint density at radius 3 is 2.24 bits per heavy atom. The van der Waals surface area contributed by atoms with E-state index in [9.17, 15) is 18.0 Å². The number of methoxy groups -OCH3 is 1. The van der Waals surface area contributed by atoms with Crippen LogP contribution in [0.15, 0.2) is 77.7 Å². The maximum Gasteiger partial charge on any atom is 0.264 e. The van der Waals surface area contributed by atoms with Crippen molar-refractivity contribution in [1.29, 1.82) is 0 Å². The van der Waals surface area contributed by atoms with Gasteiger partial charge in [0.2, 0.25) is 11.8 Å². The lowest BCUT2D eigenvalue weighted by atomic mass is 10.1. The maximum atomic E-state index is 14.0. The number of nitrogens with one attached hydrogen (secondary N) is 1. The summed E-state index contributed by atoms with van der Waals surface area (Å²) in [6.07, 6.45) is 0.486. The average molecular weight is 600 g/mol. The standard InChI is InChI=1S/C31H38ClN3O5S/c1-22(2)20-33-31(37)24(4)34(18-17-25-9-7-6-8-10-25)30(36)21-35(28-19-26(32)13-16-29(28)40-5)41(38,39)27-14-11-23(3)12-15-27/h6-16,19,22,24H,17-18,20-21H2,1-5H3,(H,33,37)/t24-/m1/s1. The Morgan fingerprint density at radius 1 is 0.976 bits per heavy atom. The minimum absolute atomic E-state index is 0.0106. The van der Waals surface area contributed by atoms with Crippen molar-refractivity contribution in [2.75, 3.05) is 31.0 Å². The van der Waals surface area contributed by atoms with Crippen LogP contribution in [0.2, 0.25) is 5.02 Å². The summed E-state index contributed by atoms with van der Waals surface area (Å²) in [5.41, 5.74) is 2.00. The van der Waals surface area contributed by atoms with E-state index in [0.717, 1.165) is 15.4 Å². The van der Waals surface area contributed by atoms with Crippen molar-refractivity contribution >= 4 is 39.1 Å². The second kappa shape index (κ2) is 14.4. The van der Waals surface area contributed by atoms with Gasteiger partial charge >= 0.3 is 0 Å². The van der Waals surface area contributed by atoms with Gasteiger partial charge in [-0.05, 0) is 62.1 Å². The zero-order chi connectivity index (χ0) is 30.2. The van der Waals surface area contributed by atoms with Crippen molar-refractivity contribution in [3.63, 3.8) is 0 Å². The lowest BCUT2D eigenvalue weighted by Crippen LogP contribution is -2.52. The number of sulfonamides is 1. The summed E-state index contributed by atoms with van der Waals surface area (Å²) in [7, 11) is -2.82. The fourth-order valence-electron chi connectivity index (χ4n) is 4.23. The van der Waals surface area contributed by atoms with Crippen molar-refractivity contribution < 1.29 is 22.7 Å². The van der Waals surface area contributed by atoms with Gasteiger partial charge in [0, 0.05) is 18.1 Å². The number of benzene rings is 3. The molecule has 0 bridgehead atoms. The third-order valence-corrected chi connectivity index (χ3v) is 8.64. The van der Waals surface area contributed by atoms with Crippen LogP contribution >= 0.6 is 11.6 Å². The summed E-state index contributed by atoms with van der Waals surface area (Å²) in [4.78, 5) is 28.5. The van der Waals surface area contributed by atoms with Gasteiger partial charge in [-0.25, -0.2) is 8.42 Å². The van der Waals surface area contributed by atoms with E-state index in [1.54, 1.807) is 31.2 Å². The number of nitrogens with zero attached hydrogens (tertiary/aromatic N) is 2. The summed E-state index contributed by atoms with van der Waals surface area (Å²) < 4.78 is 34.5. The number of anilines is 1. The van der Waals surface area contributed by atoms with E-state index in [4.69, 9.17) is 16.3 Å². The van der Waals surface area contributed by atoms with Gasteiger partial charge < -0.3 is 15.0 Å². The number of hydrogen-bond acceptors (Lipinski definition) is 5. The summed E-state index contributed by atoms with van der Waals surface area (Å²) in [5.74, 6) is -0.388. The fourth-order valence-corrected chi connectivity index (χ4v) is 5.81. The van der Waals surface area contributed by atoms with Gasteiger partial charge in [-0.15, -0.1) is 0 Å². The molecule has 0 spiro atoms. The molecule has 0 aromatic heterocycles. The molecule has 0 unspecified atom stereocenters. The number of halogens is 1. The summed E-state index contributed by atoms with van der Waals surface area (Å²) in [5, 5.41) is 3.16. The fraction of sp³-hybridized carbons (Fsp3) is 0.355. The molecule has 0 aliphatic heterocycles. The van der Waals surface area contributed by atoms with Gasteiger partial charge in [0.1, 0.15) is 18.3 Å². The first kappa shape index (κ1) is 32.0. The Bertz CT molecular complexity index is 1430. The van der Waals surface area contributed by atoms with E-state index in [0.29, 0.717) is 13.0 Å². The number of amides is 2. The molecule has 0 heterocycles. The van der Waals surface area contributed by atoms with E-state index in [1.165, 1.54) is 30.2 Å². The van der Waals surface area contributed by atoms with Gasteiger partial charge in [0.25, 0.3) is 10.0 Å². The predicted molar refractivity (Wildman–Crippen MR) is 163 cm³/mol. The van der Waals surface area contributed by atoms with Crippen molar-refractivity contribution in [1.82, 2.24) is 10.2 Å². The molecule has 0 aliphatic carbocycles. The molecule has 0 saturated heterocycles. The second-order valence-electron chi connectivity index (χ2n) is 10.3. The smallest absolute Gasteiger partial charge is 0.264 e. The lowest BCUT2D eigenvalue weighted by molar-refractivity contribution is -0.138. The zero-order valence-corrected chi connectivity index (χ0v) is 25.7. The number of carbonyl (C=O) groups is 2. The lowest BCUT2D eigenvalue weighted by Gasteiger charge is -2.32. The monoisotopic (exact) mass is 599 g/mol. The average Bonchev–Trinajstić information content (AvgIpc) is 2.95. The zero-order valence-electron chi connectivity index (χ0n) is 24.1. The third kappa shape index (κ3) is 8.47. The number of ether oxygens (including phenoxy) is 1. The van der Waals surface area contributed by atoms with Crippen LogP contribution in [0, 0.1) is 12.8 Å². The largest absolute Gasteiger partial charge is 0.495 e. The van der Waals surface area contributed by atoms with Crippen LogP contribution in [0.25, 0.3) is 0 Å². The molecule has 0 radical (unpaired) electrons. The minimum atomic E-state index is -4.24. The number of aryl methyl sites for hydroxylation is 1. The van der Waals surface area contributed by atoms with E-state index >= 15 is 0 Å². The van der Waals surface area contributed by atoms with E-state index in [2.05, 4.69) is 5.32 Å². The molecule has 220 valence electrons. The highest BCUT2D eigenvalue weighted by molar-refractivity contribution is 7.92. The normalized spacial score (nSPS) is 12.1. The van der Waals surface area contributed by atoms with Gasteiger partial charge in [-0.1, -0.05) is 73.5 Å². The molecule has 3 aromatic rings. The van der Waals surface area contributed by atoms with Crippen molar-refractivity contribution in [2.45, 2.75) is 45.1 Å². The highest BCUT2D eigenvalue weighted by Gasteiger charge is 2.33. The molecule has 8 nitrogen and oxygen atoms in total.